The Morgan fingerprint density at radius 1 is 1.50 bits per heavy atom. The lowest BCUT2D eigenvalue weighted by atomic mass is 10.1. The molecule has 1 rings (SSSR count). The van der Waals surface area contributed by atoms with Crippen molar-refractivity contribution in [1.82, 2.24) is 5.32 Å². The van der Waals surface area contributed by atoms with E-state index in [-0.39, 0.29) is 18.7 Å². The Balaban J connectivity index is 2.10. The topological polar surface area (TPSA) is 92.4 Å². The molecule has 4 N–H and O–H groups in total. The molecule has 0 aliphatic heterocycles. The van der Waals surface area contributed by atoms with Crippen LogP contribution in [-0.2, 0) is 9.59 Å². The lowest BCUT2D eigenvalue weighted by molar-refractivity contribution is -0.137. The summed E-state index contributed by atoms with van der Waals surface area (Å²) in [7, 11) is 0. The first-order valence-electron chi connectivity index (χ1n) is 4.84. The molecule has 0 aromatic heterocycles. The average molecular weight is 200 g/mol. The van der Waals surface area contributed by atoms with E-state index in [0.717, 1.165) is 0 Å². The minimum atomic E-state index is -0.921. The van der Waals surface area contributed by atoms with Gasteiger partial charge in [-0.2, -0.15) is 0 Å². The molecule has 1 aliphatic carbocycles. The minimum absolute atomic E-state index is 0.0575. The second-order valence-electron chi connectivity index (χ2n) is 3.73. The highest BCUT2D eigenvalue weighted by atomic mass is 16.4. The number of rotatable bonds is 6. The number of aliphatic carboxylic acids is 1. The Hall–Kier alpha value is -1.10. The highest BCUT2D eigenvalue weighted by Crippen LogP contribution is 2.27. The molecular formula is C9H16N2O3. The van der Waals surface area contributed by atoms with Crippen LogP contribution in [0.15, 0.2) is 0 Å². The summed E-state index contributed by atoms with van der Waals surface area (Å²) in [6, 6.07) is -0.690. The van der Waals surface area contributed by atoms with Crippen LogP contribution in [-0.4, -0.2) is 29.6 Å². The van der Waals surface area contributed by atoms with Crippen LogP contribution in [0.2, 0.25) is 0 Å². The first-order chi connectivity index (χ1) is 6.59. The van der Waals surface area contributed by atoms with Gasteiger partial charge in [-0.1, -0.05) is 0 Å². The molecule has 1 aliphatic rings. The van der Waals surface area contributed by atoms with Crippen molar-refractivity contribution >= 4 is 11.9 Å². The number of hydrogen-bond acceptors (Lipinski definition) is 3. The summed E-state index contributed by atoms with van der Waals surface area (Å²) in [5, 5.41) is 11.1. The summed E-state index contributed by atoms with van der Waals surface area (Å²) in [4.78, 5) is 21.5. The Morgan fingerprint density at radius 2 is 2.14 bits per heavy atom. The molecule has 0 spiro atoms. The van der Waals surface area contributed by atoms with Crippen LogP contribution in [0.1, 0.15) is 25.7 Å². The van der Waals surface area contributed by atoms with Crippen molar-refractivity contribution in [3.63, 3.8) is 0 Å². The minimum Gasteiger partial charge on any atom is -0.481 e. The molecule has 80 valence electrons. The maximum atomic E-state index is 11.3. The molecule has 1 amide bonds. The molecule has 0 radical (unpaired) electrons. The molecule has 14 heavy (non-hydrogen) atoms. The Kier molecular flexibility index (Phi) is 3.88. The Morgan fingerprint density at radius 3 is 2.64 bits per heavy atom. The predicted molar refractivity (Wildman–Crippen MR) is 50.6 cm³/mol. The summed E-state index contributed by atoms with van der Waals surface area (Å²) in [5.41, 5.74) is 5.50. The third kappa shape index (κ3) is 4.23. The highest BCUT2D eigenvalue weighted by molar-refractivity contribution is 5.82. The molecule has 0 bridgehead atoms. The van der Waals surface area contributed by atoms with Crippen molar-refractivity contribution in [2.75, 3.05) is 6.54 Å². The van der Waals surface area contributed by atoms with Gasteiger partial charge in [0, 0.05) is 13.0 Å². The maximum absolute atomic E-state index is 11.3. The van der Waals surface area contributed by atoms with E-state index in [4.69, 9.17) is 10.8 Å². The van der Waals surface area contributed by atoms with Crippen LogP contribution >= 0.6 is 0 Å². The van der Waals surface area contributed by atoms with E-state index in [9.17, 15) is 9.59 Å². The molecule has 0 aromatic carbocycles. The van der Waals surface area contributed by atoms with E-state index in [0.29, 0.717) is 12.5 Å². The fourth-order valence-corrected chi connectivity index (χ4v) is 1.11. The second-order valence-corrected chi connectivity index (χ2v) is 3.73. The normalized spacial score (nSPS) is 17.5. The number of nitrogens with two attached hydrogens (primary N) is 1. The Labute approximate surface area is 82.7 Å². The van der Waals surface area contributed by atoms with Crippen LogP contribution in [0.25, 0.3) is 0 Å². The third-order valence-corrected chi connectivity index (χ3v) is 2.27. The molecule has 1 atom stereocenters. The van der Waals surface area contributed by atoms with E-state index in [1.54, 1.807) is 0 Å². The van der Waals surface area contributed by atoms with Crippen LogP contribution in [0.3, 0.4) is 0 Å². The molecule has 0 aromatic rings. The molecule has 0 heterocycles. The van der Waals surface area contributed by atoms with Gasteiger partial charge in [0.2, 0.25) is 5.91 Å². The van der Waals surface area contributed by atoms with Crippen LogP contribution in [0.5, 0.6) is 0 Å². The molecule has 1 saturated carbocycles. The molecular weight excluding hydrogens is 184 g/mol. The van der Waals surface area contributed by atoms with Gasteiger partial charge < -0.3 is 16.2 Å². The lowest BCUT2D eigenvalue weighted by Crippen LogP contribution is -2.41. The van der Waals surface area contributed by atoms with E-state index >= 15 is 0 Å². The summed E-state index contributed by atoms with van der Waals surface area (Å²) < 4.78 is 0. The molecule has 5 nitrogen and oxygen atoms in total. The summed E-state index contributed by atoms with van der Waals surface area (Å²) >= 11 is 0. The van der Waals surface area contributed by atoms with Gasteiger partial charge in [0.25, 0.3) is 0 Å². The van der Waals surface area contributed by atoms with Gasteiger partial charge in [-0.3, -0.25) is 9.59 Å². The highest BCUT2D eigenvalue weighted by Gasteiger charge is 2.23. The lowest BCUT2D eigenvalue weighted by Gasteiger charge is -2.10. The molecule has 5 heteroatoms. The Bertz CT molecular complexity index is 226. The quantitative estimate of drug-likeness (QED) is 0.549. The van der Waals surface area contributed by atoms with E-state index < -0.39 is 12.0 Å². The fourth-order valence-electron chi connectivity index (χ4n) is 1.11. The number of amides is 1. The predicted octanol–water partition coefficient (Wildman–Crippen LogP) is -0.295. The van der Waals surface area contributed by atoms with Crippen LogP contribution in [0, 0.1) is 5.92 Å². The number of carboxylic acid groups (broad SMARTS) is 1. The van der Waals surface area contributed by atoms with Gasteiger partial charge in [-0.05, 0) is 25.2 Å². The van der Waals surface area contributed by atoms with Crippen LogP contribution in [0.4, 0.5) is 0 Å². The zero-order valence-corrected chi connectivity index (χ0v) is 8.03. The molecule has 0 saturated heterocycles. The van der Waals surface area contributed by atoms with Crippen molar-refractivity contribution in [3.8, 4) is 0 Å². The van der Waals surface area contributed by atoms with Gasteiger partial charge >= 0.3 is 5.97 Å². The largest absolute Gasteiger partial charge is 0.481 e. The maximum Gasteiger partial charge on any atom is 0.303 e. The van der Waals surface area contributed by atoms with Gasteiger partial charge in [-0.15, -0.1) is 0 Å². The smallest absolute Gasteiger partial charge is 0.303 e. The average Bonchev–Trinajstić information content (AvgIpc) is 2.93. The third-order valence-electron chi connectivity index (χ3n) is 2.27. The van der Waals surface area contributed by atoms with Crippen molar-refractivity contribution < 1.29 is 14.7 Å². The van der Waals surface area contributed by atoms with Gasteiger partial charge in [0.05, 0.1) is 6.04 Å². The zero-order chi connectivity index (χ0) is 10.6. The van der Waals surface area contributed by atoms with E-state index in [1.165, 1.54) is 12.8 Å². The molecule has 1 fully saturated rings. The fraction of sp³-hybridized carbons (Fsp3) is 0.778. The number of carbonyl (C=O) groups is 2. The zero-order valence-electron chi connectivity index (χ0n) is 8.03. The first-order valence-corrected chi connectivity index (χ1v) is 4.84. The summed E-state index contributed by atoms with van der Waals surface area (Å²) in [6.07, 6.45) is 2.49. The monoisotopic (exact) mass is 200 g/mol. The summed E-state index contributed by atoms with van der Waals surface area (Å²) in [5.74, 6) is -0.542. The SMILES string of the molecule is NC(CCC(=O)O)C(=O)NCC1CC1. The second kappa shape index (κ2) is 4.95. The van der Waals surface area contributed by atoms with Gasteiger partial charge in [0.1, 0.15) is 0 Å². The first kappa shape index (κ1) is 11.0. The molecule has 1 unspecified atom stereocenters. The van der Waals surface area contributed by atoms with Crippen molar-refractivity contribution in [2.45, 2.75) is 31.7 Å². The van der Waals surface area contributed by atoms with E-state index in [1.807, 2.05) is 0 Å². The van der Waals surface area contributed by atoms with Crippen molar-refractivity contribution in [1.29, 1.82) is 0 Å². The number of carboxylic acids is 1. The van der Waals surface area contributed by atoms with Gasteiger partial charge in [-0.25, -0.2) is 0 Å². The van der Waals surface area contributed by atoms with Crippen molar-refractivity contribution in [3.05, 3.63) is 0 Å². The number of nitrogens with one attached hydrogen (secondary N) is 1. The van der Waals surface area contributed by atoms with Crippen molar-refractivity contribution in [2.24, 2.45) is 11.7 Å². The standard InChI is InChI=1S/C9H16N2O3/c10-7(3-4-8(12)13)9(14)11-5-6-1-2-6/h6-7H,1-5,10H2,(H,11,14)(H,12,13). The number of hydrogen-bond donors (Lipinski definition) is 3. The van der Waals surface area contributed by atoms with E-state index in [2.05, 4.69) is 5.32 Å². The van der Waals surface area contributed by atoms with Gasteiger partial charge in [0.15, 0.2) is 0 Å². The summed E-state index contributed by atoms with van der Waals surface area (Å²) in [6.45, 7) is 0.680. The van der Waals surface area contributed by atoms with Crippen LogP contribution < -0.4 is 11.1 Å². The number of carbonyl (C=O) groups excluding carboxylic acids is 1.